The second-order valence-electron chi connectivity index (χ2n) is 5.07. The topological polar surface area (TPSA) is 80.5 Å². The average Bonchev–Trinajstić information content (AvgIpc) is 2.87. The van der Waals surface area contributed by atoms with Crippen molar-refractivity contribution in [3.8, 4) is 0 Å². The van der Waals surface area contributed by atoms with Gasteiger partial charge in [-0.3, -0.25) is 4.79 Å². The highest BCUT2D eigenvalue weighted by atomic mass is 79.9. The van der Waals surface area contributed by atoms with Crippen molar-refractivity contribution in [1.29, 1.82) is 0 Å². The quantitative estimate of drug-likeness (QED) is 0.818. The van der Waals surface area contributed by atoms with E-state index in [4.69, 9.17) is 5.73 Å². The highest BCUT2D eigenvalue weighted by molar-refractivity contribution is 9.10. The number of carbonyl (C=O) groups excluding carboxylic acids is 1. The zero-order chi connectivity index (χ0) is 15.8. The first-order chi connectivity index (χ1) is 9.75. The minimum atomic E-state index is -3.76. The van der Waals surface area contributed by atoms with Gasteiger partial charge < -0.3 is 10.6 Å². The van der Waals surface area contributed by atoms with E-state index >= 15 is 0 Å². The van der Waals surface area contributed by atoms with Crippen LogP contribution in [0.15, 0.2) is 21.5 Å². The van der Waals surface area contributed by atoms with Crippen LogP contribution in [0.4, 0.5) is 4.39 Å². The Morgan fingerprint density at radius 1 is 1.50 bits per heavy atom. The van der Waals surface area contributed by atoms with Gasteiger partial charge in [0.2, 0.25) is 0 Å². The van der Waals surface area contributed by atoms with Gasteiger partial charge in [-0.2, -0.15) is 0 Å². The van der Waals surface area contributed by atoms with E-state index in [2.05, 4.69) is 15.9 Å². The van der Waals surface area contributed by atoms with Crippen molar-refractivity contribution in [2.45, 2.75) is 23.8 Å². The van der Waals surface area contributed by atoms with Crippen LogP contribution in [0.2, 0.25) is 0 Å². The third-order valence-corrected chi connectivity index (χ3v) is 5.10. The molecule has 0 bridgehead atoms. The van der Waals surface area contributed by atoms with E-state index in [1.165, 1.54) is 11.0 Å². The molecule has 0 aliphatic carbocycles. The van der Waals surface area contributed by atoms with Crippen LogP contribution in [-0.4, -0.2) is 44.6 Å². The van der Waals surface area contributed by atoms with E-state index in [9.17, 15) is 17.6 Å². The van der Waals surface area contributed by atoms with E-state index in [0.717, 1.165) is 25.2 Å². The van der Waals surface area contributed by atoms with E-state index in [0.29, 0.717) is 17.6 Å². The molecule has 1 aromatic carbocycles. The number of sulfone groups is 1. The maximum absolute atomic E-state index is 14.4. The number of hydrogen-bond donors (Lipinski definition) is 1. The molecule has 0 radical (unpaired) electrons. The van der Waals surface area contributed by atoms with Gasteiger partial charge in [-0.1, -0.05) is 15.9 Å². The van der Waals surface area contributed by atoms with Crippen LogP contribution >= 0.6 is 28.3 Å². The van der Waals surface area contributed by atoms with Crippen molar-refractivity contribution < 1.29 is 17.6 Å². The minimum absolute atomic E-state index is 0. The molecule has 0 aromatic heterocycles. The van der Waals surface area contributed by atoms with Crippen molar-refractivity contribution in [3.63, 3.8) is 0 Å². The molecule has 22 heavy (non-hydrogen) atoms. The molecule has 1 aromatic rings. The normalized spacial score (nSPS) is 18.2. The molecule has 124 valence electrons. The summed E-state index contributed by atoms with van der Waals surface area (Å²) in [4.78, 5) is 13.5. The molecule has 1 aliphatic rings. The van der Waals surface area contributed by atoms with Gasteiger partial charge in [0.1, 0.15) is 4.90 Å². The van der Waals surface area contributed by atoms with Crippen molar-refractivity contribution >= 4 is 44.1 Å². The Balaban J connectivity index is 0.00000242. The molecule has 2 rings (SSSR count). The summed E-state index contributed by atoms with van der Waals surface area (Å²) in [5.74, 6) is -1.53. The summed E-state index contributed by atoms with van der Waals surface area (Å²) >= 11 is 3.12. The summed E-state index contributed by atoms with van der Waals surface area (Å²) in [5.41, 5.74) is 5.37. The van der Waals surface area contributed by atoms with Crippen molar-refractivity contribution in [2.24, 2.45) is 5.73 Å². The Morgan fingerprint density at radius 3 is 2.68 bits per heavy atom. The summed E-state index contributed by atoms with van der Waals surface area (Å²) < 4.78 is 38.0. The highest BCUT2D eigenvalue weighted by Crippen LogP contribution is 2.27. The number of carbonyl (C=O) groups is 1. The Kier molecular flexibility index (Phi) is 6.37. The van der Waals surface area contributed by atoms with Crippen molar-refractivity contribution in [2.75, 3.05) is 19.3 Å². The molecular formula is C13H17BrClFN2O3S. The lowest BCUT2D eigenvalue weighted by Crippen LogP contribution is -2.40. The molecule has 5 nitrogen and oxygen atoms in total. The van der Waals surface area contributed by atoms with Gasteiger partial charge in [0, 0.05) is 29.9 Å². The smallest absolute Gasteiger partial charge is 0.257 e. The van der Waals surface area contributed by atoms with Crippen LogP contribution in [-0.2, 0) is 9.84 Å². The van der Waals surface area contributed by atoms with E-state index < -0.39 is 26.5 Å². The molecule has 0 saturated carbocycles. The van der Waals surface area contributed by atoms with Crippen molar-refractivity contribution in [3.05, 3.63) is 28.0 Å². The van der Waals surface area contributed by atoms with Crippen LogP contribution < -0.4 is 5.73 Å². The second kappa shape index (κ2) is 7.25. The lowest BCUT2D eigenvalue weighted by Gasteiger charge is -2.24. The van der Waals surface area contributed by atoms with Crippen LogP contribution in [0, 0.1) is 5.82 Å². The summed E-state index contributed by atoms with van der Waals surface area (Å²) in [6, 6.07) is 2.34. The summed E-state index contributed by atoms with van der Waals surface area (Å²) in [7, 11) is -3.76. The highest BCUT2D eigenvalue weighted by Gasteiger charge is 2.31. The molecule has 9 heteroatoms. The Labute approximate surface area is 143 Å². The van der Waals surface area contributed by atoms with E-state index in [1.807, 2.05) is 0 Å². The maximum Gasteiger partial charge on any atom is 0.257 e. The molecule has 1 amide bonds. The minimum Gasteiger partial charge on any atom is -0.334 e. The number of nitrogens with two attached hydrogens (primary N) is 1. The van der Waals surface area contributed by atoms with Gasteiger partial charge in [0.05, 0.1) is 5.56 Å². The molecule has 0 spiro atoms. The molecular weight excluding hydrogens is 399 g/mol. The van der Waals surface area contributed by atoms with Gasteiger partial charge >= 0.3 is 0 Å². The summed E-state index contributed by atoms with van der Waals surface area (Å²) in [6.45, 7) is 0.807. The monoisotopic (exact) mass is 414 g/mol. The molecule has 1 unspecified atom stereocenters. The van der Waals surface area contributed by atoms with Crippen LogP contribution in [0.25, 0.3) is 0 Å². The van der Waals surface area contributed by atoms with Crippen molar-refractivity contribution in [1.82, 2.24) is 4.90 Å². The lowest BCUT2D eigenvalue weighted by atomic mass is 10.1. The van der Waals surface area contributed by atoms with Crippen LogP contribution in [0.3, 0.4) is 0 Å². The van der Waals surface area contributed by atoms with Gasteiger partial charge in [-0.05, 0) is 25.0 Å². The van der Waals surface area contributed by atoms with Crippen LogP contribution in [0.1, 0.15) is 23.2 Å². The lowest BCUT2D eigenvalue weighted by molar-refractivity contribution is 0.0735. The average molecular weight is 416 g/mol. The van der Waals surface area contributed by atoms with Gasteiger partial charge in [-0.15, -0.1) is 12.4 Å². The van der Waals surface area contributed by atoms with Crippen LogP contribution in [0.5, 0.6) is 0 Å². The fraction of sp³-hybridized carbons (Fsp3) is 0.462. The van der Waals surface area contributed by atoms with E-state index in [1.54, 1.807) is 0 Å². The second-order valence-corrected chi connectivity index (χ2v) is 7.97. The number of likely N-dealkylation sites (tertiary alicyclic amines) is 1. The molecule has 2 N–H and O–H groups in total. The molecule has 1 heterocycles. The predicted octanol–water partition coefficient (Wildman–Crippen LogP) is 1.98. The van der Waals surface area contributed by atoms with Gasteiger partial charge in [0.25, 0.3) is 5.91 Å². The van der Waals surface area contributed by atoms with Gasteiger partial charge in [-0.25, -0.2) is 12.8 Å². The molecule has 1 saturated heterocycles. The summed E-state index contributed by atoms with van der Waals surface area (Å²) in [5, 5.41) is 0. The maximum atomic E-state index is 14.4. The molecule has 1 fully saturated rings. The largest absolute Gasteiger partial charge is 0.334 e. The van der Waals surface area contributed by atoms with Gasteiger partial charge in [0.15, 0.2) is 15.7 Å². The number of halogens is 3. The Morgan fingerprint density at radius 2 is 2.14 bits per heavy atom. The molecule has 1 aliphatic heterocycles. The zero-order valence-corrected chi connectivity index (χ0v) is 15.1. The van der Waals surface area contributed by atoms with E-state index in [-0.39, 0.29) is 24.0 Å². The first-order valence-corrected chi connectivity index (χ1v) is 9.14. The number of benzene rings is 1. The fourth-order valence-electron chi connectivity index (χ4n) is 2.49. The predicted molar refractivity (Wildman–Crippen MR) is 87.6 cm³/mol. The Hall–Kier alpha value is -0.700. The first-order valence-electron chi connectivity index (χ1n) is 6.46. The Bertz CT molecular complexity index is 684. The first kappa shape index (κ1) is 19.3. The number of nitrogens with zero attached hydrogens (tertiary/aromatic N) is 1. The number of hydrogen-bond acceptors (Lipinski definition) is 4. The SMILES string of the molecule is CS(=O)(=O)c1cc(Br)cc(C(=O)N2CCCC2CN)c1F.Cl. The fourth-order valence-corrected chi connectivity index (χ4v) is 3.88. The molecule has 1 atom stereocenters. The standard InChI is InChI=1S/C13H16BrFN2O3S.ClH/c1-21(19,20)11-6-8(14)5-10(12(11)15)13(18)17-4-2-3-9(17)7-16;/h5-6,9H,2-4,7,16H2,1H3;1H. The third-order valence-electron chi connectivity index (χ3n) is 3.54. The zero-order valence-electron chi connectivity index (χ0n) is 11.9. The number of rotatable bonds is 3. The summed E-state index contributed by atoms with van der Waals surface area (Å²) in [6.07, 6.45) is 2.49. The number of amides is 1. The third kappa shape index (κ3) is 3.79.